The molecule has 0 radical (unpaired) electrons. The van der Waals surface area contributed by atoms with Crippen LogP contribution in [-0.2, 0) is 9.53 Å². The Labute approximate surface area is 171 Å². The maximum absolute atomic E-state index is 12.4. The third kappa shape index (κ3) is 5.40. The lowest BCUT2D eigenvalue weighted by Gasteiger charge is -2.20. The Morgan fingerprint density at radius 3 is 1.85 bits per heavy atom. The second kappa shape index (κ2) is 9.32. The van der Waals surface area contributed by atoms with Crippen LogP contribution in [0.3, 0.4) is 0 Å². The van der Waals surface area contributed by atoms with Crippen LogP contribution in [0.5, 0.6) is 0 Å². The van der Waals surface area contributed by atoms with Crippen LogP contribution in [0.4, 0.5) is 0 Å². The molecule has 0 aliphatic rings. The van der Waals surface area contributed by atoms with Crippen LogP contribution >= 0.6 is 22.6 Å². The minimum Gasteiger partial charge on any atom is -0.452 e. The Hall–Kier alpha value is -2.67. The molecule has 3 aromatic rings. The van der Waals surface area contributed by atoms with Crippen LogP contribution in [0.25, 0.3) is 0 Å². The molecule has 1 amide bonds. The van der Waals surface area contributed by atoms with Gasteiger partial charge in [-0.1, -0.05) is 60.7 Å². The first kappa shape index (κ1) is 19.1. The van der Waals surface area contributed by atoms with Crippen LogP contribution in [0.15, 0.2) is 84.9 Å². The van der Waals surface area contributed by atoms with Gasteiger partial charge in [-0.05, 0) is 58.0 Å². The zero-order valence-electron chi connectivity index (χ0n) is 14.5. The van der Waals surface area contributed by atoms with E-state index in [-0.39, 0.29) is 18.6 Å². The number of halogens is 1. The molecule has 0 bridgehead atoms. The van der Waals surface area contributed by atoms with Crippen LogP contribution in [0.2, 0.25) is 0 Å². The van der Waals surface area contributed by atoms with Crippen molar-refractivity contribution >= 4 is 34.5 Å². The summed E-state index contributed by atoms with van der Waals surface area (Å²) in [5.74, 6) is -0.871. The second-order valence-electron chi connectivity index (χ2n) is 5.90. The molecule has 4 nitrogen and oxygen atoms in total. The molecule has 0 saturated carbocycles. The summed E-state index contributed by atoms with van der Waals surface area (Å²) in [6.07, 6.45) is 0. The summed E-state index contributed by atoms with van der Waals surface area (Å²) in [7, 11) is 0. The number of amides is 1. The van der Waals surface area contributed by atoms with E-state index in [2.05, 4.69) is 27.9 Å². The lowest BCUT2D eigenvalue weighted by molar-refractivity contribution is -0.124. The van der Waals surface area contributed by atoms with Crippen molar-refractivity contribution in [3.05, 3.63) is 105 Å². The third-order valence-corrected chi connectivity index (χ3v) is 4.70. The fraction of sp³-hybridized carbons (Fsp3) is 0.0909. The fourth-order valence-electron chi connectivity index (χ4n) is 2.65. The zero-order chi connectivity index (χ0) is 19.1. The predicted octanol–water partition coefficient (Wildman–Crippen LogP) is 4.35. The van der Waals surface area contributed by atoms with Gasteiger partial charge in [0.2, 0.25) is 0 Å². The van der Waals surface area contributed by atoms with Crippen molar-refractivity contribution < 1.29 is 14.3 Å². The van der Waals surface area contributed by atoms with Crippen molar-refractivity contribution in [2.24, 2.45) is 0 Å². The highest BCUT2D eigenvalue weighted by molar-refractivity contribution is 14.1. The summed E-state index contributed by atoms with van der Waals surface area (Å²) in [6, 6.07) is 26.1. The smallest absolute Gasteiger partial charge is 0.338 e. The van der Waals surface area contributed by atoms with Crippen molar-refractivity contribution in [3.63, 3.8) is 0 Å². The average Bonchev–Trinajstić information content (AvgIpc) is 2.72. The summed E-state index contributed by atoms with van der Waals surface area (Å²) in [5.41, 5.74) is 2.34. The number of hydrogen-bond acceptors (Lipinski definition) is 3. The summed E-state index contributed by atoms with van der Waals surface area (Å²) in [6.45, 7) is -0.332. The first-order valence-electron chi connectivity index (χ1n) is 8.45. The van der Waals surface area contributed by atoms with E-state index in [1.54, 1.807) is 12.1 Å². The first-order chi connectivity index (χ1) is 13.1. The Morgan fingerprint density at radius 1 is 0.815 bits per heavy atom. The minimum absolute atomic E-state index is 0.308. The van der Waals surface area contributed by atoms with Crippen LogP contribution in [-0.4, -0.2) is 18.5 Å². The molecule has 0 aliphatic heterocycles. The highest BCUT2D eigenvalue weighted by Crippen LogP contribution is 2.21. The predicted molar refractivity (Wildman–Crippen MR) is 112 cm³/mol. The monoisotopic (exact) mass is 471 g/mol. The van der Waals surface area contributed by atoms with Gasteiger partial charge in [0.05, 0.1) is 11.6 Å². The molecule has 5 heteroatoms. The van der Waals surface area contributed by atoms with E-state index in [0.29, 0.717) is 5.56 Å². The Bertz CT molecular complexity index is 856. The topological polar surface area (TPSA) is 55.4 Å². The Morgan fingerprint density at radius 2 is 1.33 bits per heavy atom. The van der Waals surface area contributed by atoms with Gasteiger partial charge in [-0.15, -0.1) is 0 Å². The lowest BCUT2D eigenvalue weighted by atomic mass is 9.99. The van der Waals surface area contributed by atoms with Gasteiger partial charge < -0.3 is 10.1 Å². The van der Waals surface area contributed by atoms with Gasteiger partial charge in [-0.3, -0.25) is 4.79 Å². The molecule has 0 aromatic heterocycles. The molecule has 0 unspecified atom stereocenters. The van der Waals surface area contributed by atoms with Gasteiger partial charge in [0.15, 0.2) is 6.61 Å². The third-order valence-electron chi connectivity index (χ3n) is 3.99. The van der Waals surface area contributed by atoms with Crippen LogP contribution in [0, 0.1) is 3.57 Å². The van der Waals surface area contributed by atoms with Crippen molar-refractivity contribution in [2.75, 3.05) is 6.61 Å². The maximum atomic E-state index is 12.4. The number of rotatable bonds is 6. The van der Waals surface area contributed by atoms with Crippen LogP contribution < -0.4 is 5.32 Å². The number of hydrogen-bond donors (Lipinski definition) is 1. The van der Waals surface area contributed by atoms with E-state index in [1.807, 2.05) is 72.8 Å². The zero-order valence-corrected chi connectivity index (χ0v) is 16.6. The number of benzene rings is 3. The van der Waals surface area contributed by atoms with Crippen LogP contribution in [0.1, 0.15) is 27.5 Å². The van der Waals surface area contributed by atoms with E-state index in [1.165, 1.54) is 0 Å². The number of esters is 1. The lowest BCUT2D eigenvalue weighted by Crippen LogP contribution is -2.33. The average molecular weight is 471 g/mol. The van der Waals surface area contributed by atoms with E-state index >= 15 is 0 Å². The van der Waals surface area contributed by atoms with Gasteiger partial charge in [0.25, 0.3) is 5.91 Å². The number of carbonyl (C=O) groups is 2. The molecule has 0 aliphatic carbocycles. The molecular weight excluding hydrogens is 453 g/mol. The summed E-state index contributed by atoms with van der Waals surface area (Å²) < 4.78 is 6.17. The summed E-state index contributed by atoms with van der Waals surface area (Å²) >= 11 is 2.16. The summed E-state index contributed by atoms with van der Waals surface area (Å²) in [5, 5.41) is 2.95. The number of ether oxygens (including phenoxy) is 1. The molecule has 0 atom stereocenters. The van der Waals surface area contributed by atoms with E-state index < -0.39 is 5.97 Å². The van der Waals surface area contributed by atoms with Gasteiger partial charge >= 0.3 is 5.97 Å². The molecule has 27 heavy (non-hydrogen) atoms. The maximum Gasteiger partial charge on any atom is 0.338 e. The summed E-state index contributed by atoms with van der Waals surface area (Å²) in [4.78, 5) is 24.5. The van der Waals surface area contributed by atoms with Crippen molar-refractivity contribution in [1.29, 1.82) is 0 Å². The molecule has 3 rings (SSSR count). The SMILES string of the molecule is O=C(COC(=O)c1ccc(I)cc1)NC(c1ccccc1)c1ccccc1. The van der Waals surface area contributed by atoms with Crippen molar-refractivity contribution in [2.45, 2.75) is 6.04 Å². The van der Waals surface area contributed by atoms with Crippen molar-refractivity contribution in [3.8, 4) is 0 Å². The Kier molecular flexibility index (Phi) is 6.59. The number of nitrogens with one attached hydrogen (secondary N) is 1. The number of carbonyl (C=O) groups excluding carboxylic acids is 2. The van der Waals surface area contributed by atoms with E-state index in [4.69, 9.17) is 4.74 Å². The van der Waals surface area contributed by atoms with Gasteiger partial charge in [0.1, 0.15) is 0 Å². The van der Waals surface area contributed by atoms with E-state index in [9.17, 15) is 9.59 Å². The molecule has 1 N–H and O–H groups in total. The molecule has 0 heterocycles. The molecule has 3 aromatic carbocycles. The quantitative estimate of drug-likeness (QED) is 0.430. The van der Waals surface area contributed by atoms with Gasteiger partial charge in [-0.2, -0.15) is 0 Å². The minimum atomic E-state index is -0.516. The van der Waals surface area contributed by atoms with Crippen molar-refractivity contribution in [1.82, 2.24) is 5.32 Å². The largest absolute Gasteiger partial charge is 0.452 e. The fourth-order valence-corrected chi connectivity index (χ4v) is 3.01. The highest BCUT2D eigenvalue weighted by Gasteiger charge is 2.18. The van der Waals surface area contributed by atoms with E-state index in [0.717, 1.165) is 14.7 Å². The molecule has 0 spiro atoms. The van der Waals surface area contributed by atoms with Gasteiger partial charge in [-0.25, -0.2) is 4.79 Å². The first-order valence-corrected chi connectivity index (χ1v) is 9.53. The molecule has 136 valence electrons. The second-order valence-corrected chi connectivity index (χ2v) is 7.15. The molecule has 0 saturated heterocycles. The normalized spacial score (nSPS) is 10.4. The highest BCUT2D eigenvalue weighted by atomic mass is 127. The molecular formula is C22H18INO3. The standard InChI is InChI=1S/C22H18INO3/c23-19-13-11-18(12-14-19)22(26)27-15-20(25)24-21(16-7-3-1-4-8-16)17-9-5-2-6-10-17/h1-14,21H,15H2,(H,24,25). The molecule has 0 fully saturated rings. The Balaban J connectivity index is 1.66. The van der Waals surface area contributed by atoms with Gasteiger partial charge in [0, 0.05) is 3.57 Å².